The summed E-state index contributed by atoms with van der Waals surface area (Å²) in [6.07, 6.45) is 0.144. The third-order valence-corrected chi connectivity index (χ3v) is 3.23. The summed E-state index contributed by atoms with van der Waals surface area (Å²) in [5.74, 6) is 0.00704. The number of carbonyl (C=O) groups excluding carboxylic acids is 1. The van der Waals surface area contributed by atoms with E-state index in [1.54, 1.807) is 6.07 Å². The van der Waals surface area contributed by atoms with Gasteiger partial charge in [-0.3, -0.25) is 4.79 Å². The van der Waals surface area contributed by atoms with Gasteiger partial charge in [-0.05, 0) is 32.4 Å². The Morgan fingerprint density at radius 3 is 2.50 bits per heavy atom. The Morgan fingerprint density at radius 1 is 1.33 bits per heavy atom. The van der Waals surface area contributed by atoms with Crippen LogP contribution in [-0.2, 0) is 4.74 Å². The summed E-state index contributed by atoms with van der Waals surface area (Å²) >= 11 is 0. The van der Waals surface area contributed by atoms with Crippen LogP contribution in [0, 0.1) is 6.92 Å². The fourth-order valence-electron chi connectivity index (χ4n) is 2.48. The number of nitrogen functional groups attached to an aromatic ring is 1. The predicted molar refractivity (Wildman–Crippen MR) is 71.5 cm³/mol. The highest BCUT2D eigenvalue weighted by molar-refractivity contribution is 6.00. The van der Waals surface area contributed by atoms with E-state index >= 15 is 0 Å². The molecule has 1 amide bonds. The highest BCUT2D eigenvalue weighted by Crippen LogP contribution is 2.21. The van der Waals surface area contributed by atoms with Crippen molar-refractivity contribution in [3.05, 3.63) is 29.3 Å². The van der Waals surface area contributed by atoms with Crippen molar-refractivity contribution < 1.29 is 9.53 Å². The first kappa shape index (κ1) is 12.9. The number of aryl methyl sites for hydroxylation is 1. The molecule has 1 saturated heterocycles. The van der Waals surface area contributed by atoms with Gasteiger partial charge in [0.05, 0.1) is 17.8 Å². The van der Waals surface area contributed by atoms with Gasteiger partial charge < -0.3 is 15.4 Å². The molecule has 2 N–H and O–H groups in total. The van der Waals surface area contributed by atoms with Crippen molar-refractivity contribution in [1.82, 2.24) is 4.90 Å². The number of hydrogen-bond donors (Lipinski definition) is 1. The standard InChI is InChI=1S/C14H20N2O2/c1-9-5-4-6-12(15)13(9)14(17)16-7-10(2)18-11(3)8-16/h4-6,10-11H,7-8,15H2,1-3H3. The third kappa shape index (κ3) is 2.48. The number of ether oxygens (including phenoxy) is 1. The largest absolute Gasteiger partial charge is 0.398 e. The van der Waals surface area contributed by atoms with Crippen LogP contribution in [0.5, 0.6) is 0 Å². The maximum absolute atomic E-state index is 12.5. The molecule has 2 atom stereocenters. The second-order valence-corrected chi connectivity index (χ2v) is 5.01. The quantitative estimate of drug-likeness (QED) is 0.771. The molecule has 18 heavy (non-hydrogen) atoms. The van der Waals surface area contributed by atoms with Gasteiger partial charge in [-0.1, -0.05) is 12.1 Å². The number of nitrogens with two attached hydrogens (primary N) is 1. The third-order valence-electron chi connectivity index (χ3n) is 3.23. The van der Waals surface area contributed by atoms with Crippen LogP contribution in [0.2, 0.25) is 0 Å². The summed E-state index contributed by atoms with van der Waals surface area (Å²) in [6, 6.07) is 5.55. The minimum Gasteiger partial charge on any atom is -0.398 e. The van der Waals surface area contributed by atoms with Crippen LogP contribution in [0.4, 0.5) is 5.69 Å². The normalized spacial score (nSPS) is 24.1. The van der Waals surface area contributed by atoms with Crippen LogP contribution in [0.25, 0.3) is 0 Å². The van der Waals surface area contributed by atoms with Crippen molar-refractivity contribution in [2.45, 2.75) is 33.0 Å². The van der Waals surface area contributed by atoms with E-state index in [1.807, 2.05) is 37.8 Å². The summed E-state index contributed by atoms with van der Waals surface area (Å²) in [6.45, 7) is 7.12. The number of nitrogens with zero attached hydrogens (tertiary/aromatic N) is 1. The van der Waals surface area contributed by atoms with Gasteiger partial charge in [0.1, 0.15) is 0 Å². The topological polar surface area (TPSA) is 55.6 Å². The van der Waals surface area contributed by atoms with Crippen LogP contribution in [0.3, 0.4) is 0 Å². The van der Waals surface area contributed by atoms with Gasteiger partial charge in [-0.15, -0.1) is 0 Å². The summed E-state index contributed by atoms with van der Waals surface area (Å²) in [5.41, 5.74) is 8.01. The summed E-state index contributed by atoms with van der Waals surface area (Å²) in [4.78, 5) is 14.4. The Kier molecular flexibility index (Phi) is 3.57. The number of amides is 1. The van der Waals surface area contributed by atoms with Crippen molar-refractivity contribution in [3.63, 3.8) is 0 Å². The maximum atomic E-state index is 12.5. The van der Waals surface area contributed by atoms with E-state index < -0.39 is 0 Å². The molecule has 1 heterocycles. The monoisotopic (exact) mass is 248 g/mol. The minimum atomic E-state index is 0.00704. The van der Waals surface area contributed by atoms with Crippen molar-refractivity contribution in [2.24, 2.45) is 0 Å². The van der Waals surface area contributed by atoms with Crippen LogP contribution in [0.1, 0.15) is 29.8 Å². The van der Waals surface area contributed by atoms with E-state index in [9.17, 15) is 4.79 Å². The smallest absolute Gasteiger partial charge is 0.256 e. The summed E-state index contributed by atoms with van der Waals surface area (Å²) in [5, 5.41) is 0. The number of morpholine rings is 1. The summed E-state index contributed by atoms with van der Waals surface area (Å²) in [7, 11) is 0. The Balaban J connectivity index is 2.26. The average molecular weight is 248 g/mol. The maximum Gasteiger partial charge on any atom is 0.256 e. The Hall–Kier alpha value is -1.55. The fourth-order valence-corrected chi connectivity index (χ4v) is 2.48. The van der Waals surface area contributed by atoms with E-state index in [0.717, 1.165) is 5.56 Å². The molecule has 0 spiro atoms. The molecule has 1 aromatic rings. The molecular formula is C14H20N2O2. The lowest BCUT2D eigenvalue weighted by molar-refractivity contribution is -0.0586. The molecule has 0 bridgehead atoms. The van der Waals surface area contributed by atoms with Gasteiger partial charge in [0, 0.05) is 18.8 Å². The minimum absolute atomic E-state index is 0.00704. The molecule has 2 rings (SSSR count). The lowest BCUT2D eigenvalue weighted by Crippen LogP contribution is -2.48. The van der Waals surface area contributed by atoms with Crippen molar-refractivity contribution in [3.8, 4) is 0 Å². The number of hydrogen-bond acceptors (Lipinski definition) is 3. The number of rotatable bonds is 1. The predicted octanol–water partition coefficient (Wildman–Crippen LogP) is 1.83. The lowest BCUT2D eigenvalue weighted by Gasteiger charge is -2.35. The van der Waals surface area contributed by atoms with Gasteiger partial charge in [-0.2, -0.15) is 0 Å². The highest BCUT2D eigenvalue weighted by Gasteiger charge is 2.28. The molecule has 1 aromatic carbocycles. The van der Waals surface area contributed by atoms with Gasteiger partial charge >= 0.3 is 0 Å². The zero-order valence-electron chi connectivity index (χ0n) is 11.1. The van der Waals surface area contributed by atoms with E-state index in [1.165, 1.54) is 0 Å². The molecule has 0 aliphatic carbocycles. The first-order valence-electron chi connectivity index (χ1n) is 6.29. The zero-order chi connectivity index (χ0) is 13.3. The molecule has 1 aliphatic rings. The van der Waals surface area contributed by atoms with Gasteiger partial charge in [0.25, 0.3) is 5.91 Å². The van der Waals surface area contributed by atoms with E-state index in [2.05, 4.69) is 0 Å². The summed E-state index contributed by atoms with van der Waals surface area (Å²) < 4.78 is 5.64. The second-order valence-electron chi connectivity index (χ2n) is 5.01. The molecule has 0 saturated carbocycles. The Morgan fingerprint density at radius 2 is 1.94 bits per heavy atom. The number of anilines is 1. The van der Waals surface area contributed by atoms with Gasteiger partial charge in [0.15, 0.2) is 0 Å². The molecule has 1 fully saturated rings. The van der Waals surface area contributed by atoms with E-state index in [4.69, 9.17) is 10.5 Å². The lowest BCUT2D eigenvalue weighted by atomic mass is 10.0. The van der Waals surface area contributed by atoms with E-state index in [-0.39, 0.29) is 18.1 Å². The van der Waals surface area contributed by atoms with Crippen LogP contribution >= 0.6 is 0 Å². The van der Waals surface area contributed by atoms with Crippen molar-refractivity contribution in [1.29, 1.82) is 0 Å². The number of carbonyl (C=O) groups is 1. The molecule has 0 radical (unpaired) electrons. The molecule has 98 valence electrons. The van der Waals surface area contributed by atoms with Gasteiger partial charge in [0.2, 0.25) is 0 Å². The van der Waals surface area contributed by atoms with Crippen molar-refractivity contribution >= 4 is 11.6 Å². The number of benzene rings is 1. The van der Waals surface area contributed by atoms with Gasteiger partial charge in [-0.25, -0.2) is 0 Å². The molecule has 4 nitrogen and oxygen atoms in total. The molecule has 1 aliphatic heterocycles. The zero-order valence-corrected chi connectivity index (χ0v) is 11.1. The molecule has 2 unspecified atom stereocenters. The SMILES string of the molecule is Cc1cccc(N)c1C(=O)N1CC(C)OC(C)C1. The molecule has 4 heteroatoms. The van der Waals surface area contributed by atoms with Crippen molar-refractivity contribution in [2.75, 3.05) is 18.8 Å². The Labute approximate surface area is 108 Å². The first-order valence-corrected chi connectivity index (χ1v) is 6.29. The Bertz CT molecular complexity index is 429. The molecule has 0 aromatic heterocycles. The van der Waals surface area contributed by atoms with E-state index in [0.29, 0.717) is 24.3 Å². The first-order chi connectivity index (χ1) is 8.49. The highest BCUT2D eigenvalue weighted by atomic mass is 16.5. The average Bonchev–Trinajstić information content (AvgIpc) is 2.27. The van der Waals surface area contributed by atoms with Crippen LogP contribution in [0.15, 0.2) is 18.2 Å². The van der Waals surface area contributed by atoms with Crippen LogP contribution in [-0.4, -0.2) is 36.1 Å². The molecular weight excluding hydrogens is 228 g/mol. The second kappa shape index (κ2) is 4.98. The van der Waals surface area contributed by atoms with Crippen LogP contribution < -0.4 is 5.73 Å². The fraction of sp³-hybridized carbons (Fsp3) is 0.500.